The second kappa shape index (κ2) is 6.43. The standard InChI is InChI=1S/C15H15ClFNO/c1-11-4-2-3-5-15(11)19-9-8-18-12-6-7-14(17)13(16)10-12/h2-7,10,18H,8-9H2,1H3. The number of hydrogen-bond donors (Lipinski definition) is 1. The number of nitrogens with one attached hydrogen (secondary N) is 1. The van der Waals surface area contributed by atoms with Crippen LogP contribution in [0.1, 0.15) is 5.56 Å². The van der Waals surface area contributed by atoms with Crippen LogP contribution < -0.4 is 10.1 Å². The lowest BCUT2D eigenvalue weighted by molar-refractivity contribution is 0.330. The van der Waals surface area contributed by atoms with Crippen molar-refractivity contribution in [2.75, 3.05) is 18.5 Å². The lowest BCUT2D eigenvalue weighted by atomic mass is 10.2. The van der Waals surface area contributed by atoms with Gasteiger partial charge < -0.3 is 10.1 Å². The number of para-hydroxylation sites is 1. The van der Waals surface area contributed by atoms with Crippen LogP contribution in [0.25, 0.3) is 0 Å². The molecule has 100 valence electrons. The zero-order chi connectivity index (χ0) is 13.7. The molecule has 2 aromatic rings. The minimum atomic E-state index is -0.414. The Bertz CT molecular complexity index is 560. The van der Waals surface area contributed by atoms with E-state index in [1.807, 2.05) is 31.2 Å². The van der Waals surface area contributed by atoms with Gasteiger partial charge in [0.15, 0.2) is 0 Å². The average Bonchev–Trinajstić information content (AvgIpc) is 2.40. The Balaban J connectivity index is 1.81. The second-order valence-corrected chi connectivity index (χ2v) is 4.58. The largest absolute Gasteiger partial charge is 0.491 e. The van der Waals surface area contributed by atoms with E-state index in [-0.39, 0.29) is 5.02 Å². The van der Waals surface area contributed by atoms with E-state index in [1.54, 1.807) is 12.1 Å². The Morgan fingerprint density at radius 1 is 1.21 bits per heavy atom. The van der Waals surface area contributed by atoms with Gasteiger partial charge in [0.05, 0.1) is 5.02 Å². The second-order valence-electron chi connectivity index (χ2n) is 4.17. The van der Waals surface area contributed by atoms with E-state index >= 15 is 0 Å². The van der Waals surface area contributed by atoms with Crippen molar-refractivity contribution in [3.63, 3.8) is 0 Å². The number of hydrogen-bond acceptors (Lipinski definition) is 2. The first-order chi connectivity index (χ1) is 9.16. The Morgan fingerprint density at radius 2 is 2.00 bits per heavy atom. The molecule has 0 saturated heterocycles. The van der Waals surface area contributed by atoms with Gasteiger partial charge >= 0.3 is 0 Å². The predicted molar refractivity (Wildman–Crippen MR) is 76.6 cm³/mol. The minimum absolute atomic E-state index is 0.116. The summed E-state index contributed by atoms with van der Waals surface area (Å²) in [5.74, 6) is 0.463. The van der Waals surface area contributed by atoms with Gasteiger partial charge in [-0.2, -0.15) is 0 Å². The van der Waals surface area contributed by atoms with Crippen molar-refractivity contribution in [1.82, 2.24) is 0 Å². The molecule has 0 aliphatic heterocycles. The summed E-state index contributed by atoms with van der Waals surface area (Å²) < 4.78 is 18.6. The summed E-state index contributed by atoms with van der Waals surface area (Å²) in [7, 11) is 0. The first-order valence-electron chi connectivity index (χ1n) is 6.04. The third-order valence-electron chi connectivity index (χ3n) is 2.70. The molecule has 1 N–H and O–H groups in total. The van der Waals surface area contributed by atoms with Gasteiger partial charge in [-0.3, -0.25) is 0 Å². The van der Waals surface area contributed by atoms with E-state index in [1.165, 1.54) is 6.07 Å². The highest BCUT2D eigenvalue weighted by Crippen LogP contribution is 2.19. The average molecular weight is 280 g/mol. The molecule has 0 bridgehead atoms. The Kier molecular flexibility index (Phi) is 4.63. The molecule has 0 saturated carbocycles. The zero-order valence-electron chi connectivity index (χ0n) is 10.6. The summed E-state index contributed by atoms with van der Waals surface area (Å²) >= 11 is 5.70. The van der Waals surface area contributed by atoms with E-state index in [0.717, 1.165) is 17.0 Å². The number of ether oxygens (including phenoxy) is 1. The molecule has 2 aromatic carbocycles. The monoisotopic (exact) mass is 279 g/mol. The van der Waals surface area contributed by atoms with Gasteiger partial charge in [-0.1, -0.05) is 29.8 Å². The SMILES string of the molecule is Cc1ccccc1OCCNc1ccc(F)c(Cl)c1. The minimum Gasteiger partial charge on any atom is -0.491 e. The van der Waals surface area contributed by atoms with Crippen LogP contribution in [0.2, 0.25) is 5.02 Å². The van der Waals surface area contributed by atoms with E-state index in [4.69, 9.17) is 16.3 Å². The fourth-order valence-corrected chi connectivity index (χ4v) is 1.86. The van der Waals surface area contributed by atoms with Gasteiger partial charge in [0.1, 0.15) is 18.2 Å². The zero-order valence-corrected chi connectivity index (χ0v) is 11.4. The third kappa shape index (κ3) is 3.86. The highest BCUT2D eigenvalue weighted by molar-refractivity contribution is 6.31. The first-order valence-corrected chi connectivity index (χ1v) is 6.42. The van der Waals surface area contributed by atoms with Gasteiger partial charge in [0.25, 0.3) is 0 Å². The maximum Gasteiger partial charge on any atom is 0.141 e. The quantitative estimate of drug-likeness (QED) is 0.825. The van der Waals surface area contributed by atoms with Crippen molar-refractivity contribution in [1.29, 1.82) is 0 Å². The van der Waals surface area contributed by atoms with Crippen molar-refractivity contribution in [2.45, 2.75) is 6.92 Å². The highest BCUT2D eigenvalue weighted by Gasteiger charge is 2.01. The number of anilines is 1. The maximum absolute atomic E-state index is 13.0. The molecular formula is C15H15ClFNO. The molecule has 0 radical (unpaired) electrons. The molecule has 0 aliphatic carbocycles. The Hall–Kier alpha value is -1.74. The van der Waals surface area contributed by atoms with Crippen molar-refractivity contribution in [3.05, 3.63) is 58.9 Å². The van der Waals surface area contributed by atoms with Crippen molar-refractivity contribution in [2.24, 2.45) is 0 Å². The van der Waals surface area contributed by atoms with Crippen LogP contribution in [0.3, 0.4) is 0 Å². The number of benzene rings is 2. The molecule has 0 amide bonds. The van der Waals surface area contributed by atoms with Gasteiger partial charge in [-0.15, -0.1) is 0 Å². The summed E-state index contributed by atoms with van der Waals surface area (Å²) in [4.78, 5) is 0. The number of rotatable bonds is 5. The third-order valence-corrected chi connectivity index (χ3v) is 2.99. The molecule has 0 aliphatic rings. The normalized spacial score (nSPS) is 10.3. The fraction of sp³-hybridized carbons (Fsp3) is 0.200. The van der Waals surface area contributed by atoms with Crippen molar-refractivity contribution >= 4 is 17.3 Å². The molecule has 0 fully saturated rings. The topological polar surface area (TPSA) is 21.3 Å². The predicted octanol–water partition coefficient (Wildman–Crippen LogP) is 4.28. The van der Waals surface area contributed by atoms with E-state index in [0.29, 0.717) is 13.2 Å². The summed E-state index contributed by atoms with van der Waals surface area (Å²) in [6.07, 6.45) is 0. The van der Waals surface area contributed by atoms with E-state index < -0.39 is 5.82 Å². The smallest absolute Gasteiger partial charge is 0.141 e. The van der Waals surface area contributed by atoms with Gasteiger partial charge in [0.2, 0.25) is 0 Å². The van der Waals surface area contributed by atoms with Crippen LogP contribution >= 0.6 is 11.6 Å². The molecular weight excluding hydrogens is 265 g/mol. The van der Waals surface area contributed by atoms with Crippen LogP contribution in [0.15, 0.2) is 42.5 Å². The molecule has 0 unspecified atom stereocenters. The summed E-state index contributed by atoms with van der Waals surface area (Å²) in [5.41, 5.74) is 1.88. The number of halogens is 2. The molecule has 4 heteroatoms. The molecule has 0 spiro atoms. The van der Waals surface area contributed by atoms with Crippen molar-refractivity contribution < 1.29 is 9.13 Å². The van der Waals surface area contributed by atoms with Crippen LogP contribution in [0.5, 0.6) is 5.75 Å². The van der Waals surface area contributed by atoms with E-state index in [2.05, 4.69) is 5.32 Å². The Labute approximate surface area is 117 Å². The van der Waals surface area contributed by atoms with Crippen LogP contribution in [0.4, 0.5) is 10.1 Å². The van der Waals surface area contributed by atoms with Crippen LogP contribution in [0, 0.1) is 12.7 Å². The molecule has 2 rings (SSSR count). The highest BCUT2D eigenvalue weighted by atomic mass is 35.5. The summed E-state index contributed by atoms with van der Waals surface area (Å²) in [6, 6.07) is 12.4. The fourth-order valence-electron chi connectivity index (χ4n) is 1.68. The summed E-state index contributed by atoms with van der Waals surface area (Å²) in [6.45, 7) is 3.15. The molecule has 2 nitrogen and oxygen atoms in total. The maximum atomic E-state index is 13.0. The lowest BCUT2D eigenvalue weighted by Crippen LogP contribution is -2.11. The van der Waals surface area contributed by atoms with Gasteiger partial charge in [-0.25, -0.2) is 4.39 Å². The lowest BCUT2D eigenvalue weighted by Gasteiger charge is -2.10. The first kappa shape index (κ1) is 13.7. The summed E-state index contributed by atoms with van der Waals surface area (Å²) in [5, 5.41) is 3.24. The Morgan fingerprint density at radius 3 is 2.74 bits per heavy atom. The van der Waals surface area contributed by atoms with E-state index in [9.17, 15) is 4.39 Å². The van der Waals surface area contributed by atoms with Crippen LogP contribution in [-0.2, 0) is 0 Å². The molecule has 0 aromatic heterocycles. The van der Waals surface area contributed by atoms with Gasteiger partial charge in [0, 0.05) is 12.2 Å². The number of aryl methyl sites for hydroxylation is 1. The molecule has 19 heavy (non-hydrogen) atoms. The molecule has 0 atom stereocenters. The molecule has 0 heterocycles. The van der Waals surface area contributed by atoms with Crippen molar-refractivity contribution in [3.8, 4) is 5.75 Å². The van der Waals surface area contributed by atoms with Gasteiger partial charge in [-0.05, 0) is 36.8 Å². The van der Waals surface area contributed by atoms with Crippen LogP contribution in [-0.4, -0.2) is 13.2 Å².